The van der Waals surface area contributed by atoms with Gasteiger partial charge in [0.25, 0.3) is 6.71 Å². The average Bonchev–Trinajstić information content (AvgIpc) is 4.07. The second-order valence-corrected chi connectivity index (χ2v) is 31.8. The van der Waals surface area contributed by atoms with Crippen molar-refractivity contribution in [2.24, 2.45) is 0 Å². The fourth-order valence-corrected chi connectivity index (χ4v) is 19.9. The standard InChI is InChI=1S/C72H86BN3/c1-63(2)39-65(5,6)49-31-43(25-27-46(49)63)74-58-37-53-51(67(9,10)41-69(53,13)14)35-55(58)73-56-36-52-54(70(15,16)42-68(52,11)12)38-59(56)75(44-26-28-47-50(32-44)66(7,8)40-64(47,3)4)61-34-45(33-60(74)62(61)73)76-57-24-20-19-23-48(57)71(17)29-21-22-30-72(71,76)18/h19-20,23-28,31-38H,21-22,29-30,39-42H2,1-18H3. The number of benzene rings is 6. The summed E-state index contributed by atoms with van der Waals surface area (Å²) in [5.74, 6) is 0. The van der Waals surface area contributed by atoms with E-state index in [4.69, 9.17) is 0 Å². The third-order valence-corrected chi connectivity index (χ3v) is 22.5. The van der Waals surface area contributed by atoms with Crippen molar-refractivity contribution in [3.63, 3.8) is 0 Å². The van der Waals surface area contributed by atoms with Crippen LogP contribution < -0.4 is 31.1 Å². The predicted molar refractivity (Wildman–Crippen MR) is 326 cm³/mol. The van der Waals surface area contributed by atoms with Gasteiger partial charge in [-0.2, -0.15) is 0 Å². The van der Waals surface area contributed by atoms with E-state index in [-0.39, 0.29) is 61.0 Å². The summed E-state index contributed by atoms with van der Waals surface area (Å²) in [7, 11) is 0. The lowest BCUT2D eigenvalue weighted by Gasteiger charge is -2.51. The Morgan fingerprint density at radius 3 is 1.16 bits per heavy atom. The molecule has 3 heterocycles. The molecule has 2 atom stereocenters. The van der Waals surface area contributed by atoms with Crippen LogP contribution in [0.4, 0.5) is 45.5 Å². The number of rotatable bonds is 3. The van der Waals surface area contributed by atoms with Crippen molar-refractivity contribution < 1.29 is 0 Å². The molecule has 6 aromatic carbocycles. The predicted octanol–water partition coefficient (Wildman–Crippen LogP) is 17.3. The molecule has 4 heteroatoms. The van der Waals surface area contributed by atoms with Gasteiger partial charge in [0, 0.05) is 50.9 Å². The molecule has 5 aliphatic carbocycles. The van der Waals surface area contributed by atoms with Crippen LogP contribution in [0, 0.1) is 0 Å². The summed E-state index contributed by atoms with van der Waals surface area (Å²) in [6.07, 6.45) is 9.42. The lowest BCUT2D eigenvalue weighted by atomic mass is 9.33. The first-order valence-corrected chi connectivity index (χ1v) is 29.7. The van der Waals surface area contributed by atoms with Gasteiger partial charge in [-0.15, -0.1) is 0 Å². The summed E-state index contributed by atoms with van der Waals surface area (Å²) in [6.45, 7) is 45.2. The molecule has 76 heavy (non-hydrogen) atoms. The minimum Gasteiger partial charge on any atom is -0.334 e. The molecular weight excluding hydrogens is 918 g/mol. The Kier molecular flexibility index (Phi) is 9.38. The average molecular weight is 1000 g/mol. The number of anilines is 8. The van der Waals surface area contributed by atoms with E-state index < -0.39 is 0 Å². The zero-order valence-electron chi connectivity index (χ0n) is 49.8. The summed E-state index contributed by atoms with van der Waals surface area (Å²) in [5, 5.41) is 0. The molecule has 3 nitrogen and oxygen atoms in total. The number of hydrogen-bond donors (Lipinski definition) is 0. The maximum Gasteiger partial charge on any atom is 0.252 e. The summed E-state index contributed by atoms with van der Waals surface area (Å²) in [4.78, 5) is 8.44. The molecule has 14 rings (SSSR count). The smallest absolute Gasteiger partial charge is 0.252 e. The van der Waals surface area contributed by atoms with Crippen molar-refractivity contribution >= 4 is 68.6 Å². The Bertz CT molecular complexity index is 3390. The van der Waals surface area contributed by atoms with E-state index in [1.165, 1.54) is 131 Å². The third kappa shape index (κ3) is 6.20. The molecule has 392 valence electrons. The van der Waals surface area contributed by atoms with Crippen molar-refractivity contribution in [2.45, 2.75) is 230 Å². The molecule has 0 N–H and O–H groups in total. The molecule has 1 saturated carbocycles. The molecule has 0 radical (unpaired) electrons. The van der Waals surface area contributed by atoms with Gasteiger partial charge >= 0.3 is 0 Å². The van der Waals surface area contributed by atoms with Crippen LogP contribution in [-0.4, -0.2) is 12.3 Å². The SMILES string of the molecule is CC1(C)CC(C)(C)c2cc(N3c4cc5c(cc4B4c6cc7c(cc6N(c6ccc8c(c6)C(C)(C)CC8(C)C)c6cc(N8c9ccccc9C9(C)CCCCC89C)cc3c64)C(C)(C)CC7(C)C)C(C)(C)CC5(C)C)ccc21. The van der Waals surface area contributed by atoms with Gasteiger partial charge in [0.05, 0.1) is 5.54 Å². The molecule has 0 aromatic heterocycles. The highest BCUT2D eigenvalue weighted by atomic mass is 15.3. The molecule has 3 aliphatic heterocycles. The molecule has 0 saturated heterocycles. The molecule has 8 aliphatic rings. The molecule has 0 spiro atoms. The Labute approximate surface area is 458 Å². The Balaban J connectivity index is 1.15. The van der Waals surface area contributed by atoms with Crippen LogP contribution in [0.3, 0.4) is 0 Å². The highest BCUT2D eigenvalue weighted by Gasteiger charge is 2.59. The van der Waals surface area contributed by atoms with E-state index in [0.717, 1.165) is 32.1 Å². The number of fused-ring (bicyclic) bond motifs is 11. The highest BCUT2D eigenvalue weighted by Crippen LogP contribution is 2.63. The second-order valence-electron chi connectivity index (χ2n) is 31.8. The zero-order valence-corrected chi connectivity index (χ0v) is 49.8. The molecule has 6 aromatic rings. The normalized spacial score (nSPS) is 26.7. The minimum atomic E-state index is -0.108. The van der Waals surface area contributed by atoms with E-state index in [1.54, 1.807) is 0 Å². The van der Waals surface area contributed by atoms with Crippen molar-refractivity contribution in [3.05, 3.63) is 147 Å². The Morgan fingerprint density at radius 1 is 0.329 bits per heavy atom. The lowest BCUT2D eigenvalue weighted by molar-refractivity contribution is 0.195. The maximum atomic E-state index is 2.86. The van der Waals surface area contributed by atoms with E-state index in [1.807, 2.05) is 0 Å². The number of nitrogens with zero attached hydrogens (tertiary/aromatic N) is 3. The molecule has 0 amide bonds. The van der Waals surface area contributed by atoms with Crippen LogP contribution in [0.5, 0.6) is 0 Å². The van der Waals surface area contributed by atoms with Gasteiger partial charge in [-0.05, 0) is 210 Å². The van der Waals surface area contributed by atoms with Crippen LogP contribution in [0.25, 0.3) is 0 Å². The lowest BCUT2D eigenvalue weighted by Crippen LogP contribution is -2.62. The fraction of sp³-hybridized carbons (Fsp3) is 0.500. The fourth-order valence-electron chi connectivity index (χ4n) is 19.9. The Morgan fingerprint density at radius 2 is 0.711 bits per heavy atom. The van der Waals surface area contributed by atoms with Gasteiger partial charge in [0.15, 0.2) is 0 Å². The summed E-state index contributed by atoms with van der Waals surface area (Å²) < 4.78 is 0. The van der Waals surface area contributed by atoms with Crippen LogP contribution in [0.15, 0.2) is 97.1 Å². The molecular formula is C72H86BN3. The maximum absolute atomic E-state index is 2.86. The first-order valence-electron chi connectivity index (χ1n) is 29.7. The van der Waals surface area contributed by atoms with Gasteiger partial charge in [0.2, 0.25) is 0 Å². The van der Waals surface area contributed by atoms with E-state index in [2.05, 4.69) is 236 Å². The molecule has 2 unspecified atom stereocenters. The van der Waals surface area contributed by atoms with Crippen LogP contribution >= 0.6 is 0 Å². The highest BCUT2D eigenvalue weighted by molar-refractivity contribution is 7.00. The van der Waals surface area contributed by atoms with E-state index in [0.29, 0.717) is 0 Å². The van der Waals surface area contributed by atoms with E-state index >= 15 is 0 Å². The van der Waals surface area contributed by atoms with Crippen molar-refractivity contribution in [3.8, 4) is 0 Å². The zero-order chi connectivity index (χ0) is 53.8. The monoisotopic (exact) mass is 1000 g/mol. The van der Waals surface area contributed by atoms with Crippen molar-refractivity contribution in [2.75, 3.05) is 14.7 Å². The first kappa shape index (κ1) is 49.1. The largest absolute Gasteiger partial charge is 0.334 e. The van der Waals surface area contributed by atoms with Gasteiger partial charge < -0.3 is 14.7 Å². The van der Waals surface area contributed by atoms with Crippen molar-refractivity contribution in [1.82, 2.24) is 0 Å². The number of hydrogen-bond acceptors (Lipinski definition) is 3. The second kappa shape index (κ2) is 14.5. The van der Waals surface area contributed by atoms with Crippen LogP contribution in [-0.2, 0) is 48.7 Å². The van der Waals surface area contributed by atoms with Crippen molar-refractivity contribution in [1.29, 1.82) is 0 Å². The van der Waals surface area contributed by atoms with Gasteiger partial charge in [-0.25, -0.2) is 0 Å². The first-order chi connectivity index (χ1) is 35.3. The third-order valence-electron chi connectivity index (χ3n) is 22.5. The van der Waals surface area contributed by atoms with Crippen LogP contribution in [0.1, 0.15) is 226 Å². The Hall–Kier alpha value is -5.22. The summed E-state index contributed by atoms with van der Waals surface area (Å²) >= 11 is 0. The van der Waals surface area contributed by atoms with Gasteiger partial charge in [0.1, 0.15) is 0 Å². The van der Waals surface area contributed by atoms with E-state index in [9.17, 15) is 0 Å². The van der Waals surface area contributed by atoms with Gasteiger partial charge in [-0.3, -0.25) is 0 Å². The topological polar surface area (TPSA) is 9.72 Å². The molecule has 0 bridgehead atoms. The molecule has 1 fully saturated rings. The summed E-state index contributed by atoms with van der Waals surface area (Å²) in [5.41, 5.74) is 29.0. The minimum absolute atomic E-state index is 0.0186. The summed E-state index contributed by atoms with van der Waals surface area (Å²) in [6, 6.07) is 41.1. The van der Waals surface area contributed by atoms with Crippen LogP contribution in [0.2, 0.25) is 0 Å². The van der Waals surface area contributed by atoms with Gasteiger partial charge in [-0.1, -0.05) is 173 Å². The quantitative estimate of drug-likeness (QED) is 0.163. The number of para-hydroxylation sites is 1.